The molecule has 0 radical (unpaired) electrons. The number of amides is 7. The summed E-state index contributed by atoms with van der Waals surface area (Å²) in [6.07, 6.45) is 5.84. The van der Waals surface area contributed by atoms with E-state index in [9.17, 15) is 28.8 Å². The van der Waals surface area contributed by atoms with Crippen LogP contribution in [-0.4, -0.2) is 143 Å². The van der Waals surface area contributed by atoms with Gasteiger partial charge in [0.15, 0.2) is 11.5 Å². The lowest BCUT2D eigenvalue weighted by Crippen LogP contribution is -2.54. The van der Waals surface area contributed by atoms with Gasteiger partial charge in [-0.3, -0.25) is 34.2 Å². The number of nitrogens with zero attached hydrogens (tertiary/aromatic N) is 8. The summed E-state index contributed by atoms with van der Waals surface area (Å²) in [5, 5.41) is 5.56. The van der Waals surface area contributed by atoms with Crippen LogP contribution in [0.5, 0.6) is 0 Å². The van der Waals surface area contributed by atoms with Gasteiger partial charge in [-0.25, -0.2) is 14.8 Å². The van der Waals surface area contributed by atoms with Crippen molar-refractivity contribution in [2.24, 2.45) is 23.5 Å². The lowest BCUT2D eigenvalue weighted by Gasteiger charge is -2.37. The molecule has 1 unspecified atom stereocenters. The fourth-order valence-electron chi connectivity index (χ4n) is 10.7. The van der Waals surface area contributed by atoms with Gasteiger partial charge in [0.1, 0.15) is 11.9 Å². The number of piperidine rings is 4. The smallest absolute Gasteiger partial charge is 0.320 e. The van der Waals surface area contributed by atoms with Gasteiger partial charge >= 0.3 is 6.03 Å². The Labute approximate surface area is 353 Å². The molecule has 5 saturated heterocycles. The largest absolute Gasteiger partial charge is 0.371 e. The Balaban J connectivity index is 0.707. The number of likely N-dealkylation sites (N-methyl/N-ethyl adjacent to an activating group) is 1. The first-order valence-corrected chi connectivity index (χ1v) is 21.6. The quantitative estimate of drug-likeness (QED) is 0.253. The average molecular weight is 830 g/mol. The van der Waals surface area contributed by atoms with Crippen LogP contribution >= 0.6 is 0 Å². The number of carbonyl (C=O) groups excluding carboxylic acids is 6. The number of nitrogens with one attached hydrogen (secondary N) is 2. The average Bonchev–Trinajstić information content (AvgIpc) is 3.50. The number of anilines is 4. The first-order valence-electron chi connectivity index (χ1n) is 21.6. The minimum absolute atomic E-state index is 0.0628. The normalized spacial score (nSPS) is 26.9. The molecule has 2 aromatic carbocycles. The van der Waals surface area contributed by atoms with Crippen molar-refractivity contribution in [3.05, 3.63) is 71.0 Å². The number of likely N-dealkylation sites (tertiary alicyclic amines) is 1. The number of fused-ring (bicyclic) bond motifs is 2. The molecule has 7 amide bonds. The minimum atomic E-state index is -0.968. The van der Waals surface area contributed by atoms with Crippen LogP contribution in [0, 0.1) is 17.8 Å². The number of hydrogen-bond donors (Lipinski definition) is 3. The summed E-state index contributed by atoms with van der Waals surface area (Å²) in [5.41, 5.74) is 9.43. The molecule has 0 bridgehead atoms. The van der Waals surface area contributed by atoms with Gasteiger partial charge in [0.2, 0.25) is 11.8 Å². The highest BCUT2D eigenvalue weighted by molar-refractivity contribution is 6.23. The van der Waals surface area contributed by atoms with Gasteiger partial charge < -0.3 is 35.6 Å². The van der Waals surface area contributed by atoms with E-state index in [2.05, 4.69) is 42.5 Å². The maximum atomic E-state index is 13.4. The van der Waals surface area contributed by atoms with Crippen LogP contribution in [0.15, 0.2) is 48.7 Å². The maximum Gasteiger partial charge on any atom is 0.320 e. The number of benzene rings is 2. The van der Waals surface area contributed by atoms with E-state index in [1.54, 1.807) is 23.2 Å². The van der Waals surface area contributed by atoms with Gasteiger partial charge in [0, 0.05) is 70.7 Å². The zero-order chi connectivity index (χ0) is 42.1. The molecule has 0 spiro atoms. The first kappa shape index (κ1) is 39.1. The molecule has 1 saturated carbocycles. The van der Waals surface area contributed by atoms with Crippen molar-refractivity contribution in [1.29, 1.82) is 0 Å². The fourth-order valence-corrected chi connectivity index (χ4v) is 10.7. The third-order valence-electron chi connectivity index (χ3n) is 14.3. The maximum absolute atomic E-state index is 13.4. The highest BCUT2D eigenvalue weighted by atomic mass is 16.2. The van der Waals surface area contributed by atoms with Crippen LogP contribution in [-0.2, 0) is 9.59 Å². The Hall–Kier alpha value is -6.10. The molecule has 6 fully saturated rings. The van der Waals surface area contributed by atoms with E-state index < -0.39 is 29.7 Å². The van der Waals surface area contributed by atoms with Crippen LogP contribution < -0.4 is 26.2 Å². The summed E-state index contributed by atoms with van der Waals surface area (Å²) < 4.78 is 0. The van der Waals surface area contributed by atoms with E-state index in [1.807, 2.05) is 30.1 Å². The Morgan fingerprint density at radius 3 is 2.31 bits per heavy atom. The van der Waals surface area contributed by atoms with Gasteiger partial charge in [0.25, 0.3) is 17.7 Å². The van der Waals surface area contributed by atoms with Crippen LogP contribution in [0.2, 0.25) is 0 Å². The summed E-state index contributed by atoms with van der Waals surface area (Å²) in [5.74, 6) is 0.665. The lowest BCUT2D eigenvalue weighted by molar-refractivity contribution is -0.136. The van der Waals surface area contributed by atoms with Gasteiger partial charge in [-0.1, -0.05) is 12.1 Å². The van der Waals surface area contributed by atoms with Crippen molar-refractivity contribution in [2.75, 3.05) is 81.1 Å². The minimum Gasteiger partial charge on any atom is -0.371 e. The summed E-state index contributed by atoms with van der Waals surface area (Å²) in [7, 11) is 1.83. The molecule has 6 aliphatic heterocycles. The second kappa shape index (κ2) is 15.4. The third kappa shape index (κ3) is 7.21. The molecule has 7 aliphatic rings. The molecule has 10 rings (SSSR count). The predicted molar refractivity (Wildman–Crippen MR) is 224 cm³/mol. The predicted octanol–water partition coefficient (Wildman–Crippen LogP) is 2.62. The zero-order valence-corrected chi connectivity index (χ0v) is 34.3. The molecule has 3 aromatic rings. The molecule has 5 atom stereocenters. The first-order chi connectivity index (χ1) is 29.5. The summed E-state index contributed by atoms with van der Waals surface area (Å²) in [6.45, 7) is 7.89. The number of urea groups is 1. The van der Waals surface area contributed by atoms with Gasteiger partial charge in [0.05, 0.1) is 23.4 Å². The summed E-state index contributed by atoms with van der Waals surface area (Å²) in [4.78, 5) is 96.7. The molecule has 1 aromatic heterocycles. The van der Waals surface area contributed by atoms with E-state index in [1.165, 1.54) is 5.56 Å². The van der Waals surface area contributed by atoms with E-state index >= 15 is 0 Å². The second-order valence-corrected chi connectivity index (χ2v) is 17.8. The van der Waals surface area contributed by atoms with Crippen LogP contribution in [0.4, 0.5) is 27.8 Å². The third-order valence-corrected chi connectivity index (χ3v) is 14.3. The number of aromatic nitrogens is 2. The number of rotatable bonds is 10. The zero-order valence-electron chi connectivity index (χ0n) is 34.3. The highest BCUT2D eigenvalue weighted by Crippen LogP contribution is 2.53. The number of hydrogen-bond acceptors (Lipinski definition) is 12. The van der Waals surface area contributed by atoms with E-state index in [0.717, 1.165) is 94.3 Å². The van der Waals surface area contributed by atoms with Crippen LogP contribution in [0.25, 0.3) is 0 Å². The number of imide groups is 2. The molecule has 4 N–H and O–H groups in total. The molecule has 17 heteroatoms. The fraction of sp³-hybridized carbons (Fsp3) is 0.500. The van der Waals surface area contributed by atoms with Crippen LogP contribution in [0.3, 0.4) is 0 Å². The van der Waals surface area contributed by atoms with E-state index in [-0.39, 0.29) is 36.5 Å². The lowest BCUT2D eigenvalue weighted by atomic mass is 9.89. The summed E-state index contributed by atoms with van der Waals surface area (Å²) in [6, 6.07) is 12.9. The Morgan fingerprint density at radius 2 is 1.61 bits per heavy atom. The highest BCUT2D eigenvalue weighted by Gasteiger charge is 2.56. The Morgan fingerprint density at radius 1 is 0.852 bits per heavy atom. The molecule has 17 nitrogen and oxygen atoms in total. The van der Waals surface area contributed by atoms with Gasteiger partial charge in [-0.2, -0.15) is 0 Å². The molecule has 61 heavy (non-hydrogen) atoms. The topological polar surface area (TPSA) is 198 Å². The second-order valence-electron chi connectivity index (χ2n) is 17.8. The van der Waals surface area contributed by atoms with Gasteiger partial charge in [-0.05, 0) is 105 Å². The molecule has 1 aliphatic carbocycles. The van der Waals surface area contributed by atoms with Crippen molar-refractivity contribution >= 4 is 58.6 Å². The Kier molecular flexibility index (Phi) is 9.87. The van der Waals surface area contributed by atoms with Crippen molar-refractivity contribution in [3.63, 3.8) is 0 Å². The standard InChI is InChI=1S/C44H51N11O6/c1-50-17-18-54(44(50)61)29-3-2-14-52(21-29)36-20-46-38(39(45)57)40(48-36)47-27-6-4-25(5-7-27)26-12-15-51(16-13-26)22-32-33-23-53(24-34(32)33)28-8-9-30-31(19-28)43(60)55(42(30)59)35-10-11-37(56)49-41(35)58/h4-9,19-20,26,29,32-35H,2-3,10-18,21-24H2,1H3,(H2,45,57)(H,47,48)(H,49,56,58)/t29-,32-,33-,34+,35?/m1/s1. The summed E-state index contributed by atoms with van der Waals surface area (Å²) >= 11 is 0. The number of primary amides is 1. The van der Waals surface area contributed by atoms with Crippen molar-refractivity contribution in [1.82, 2.24) is 34.9 Å². The van der Waals surface area contributed by atoms with Crippen LogP contribution in [0.1, 0.15) is 81.2 Å². The van der Waals surface area contributed by atoms with E-state index in [0.29, 0.717) is 53.0 Å². The molecule has 7 heterocycles. The molecular weight excluding hydrogens is 779 g/mol. The number of nitrogens with two attached hydrogens (primary N) is 1. The van der Waals surface area contributed by atoms with Crippen molar-refractivity contribution in [3.8, 4) is 0 Å². The molecule has 318 valence electrons. The van der Waals surface area contributed by atoms with Crippen molar-refractivity contribution in [2.45, 2.75) is 56.5 Å². The van der Waals surface area contributed by atoms with Crippen molar-refractivity contribution < 1.29 is 28.8 Å². The van der Waals surface area contributed by atoms with Gasteiger partial charge in [-0.15, -0.1) is 0 Å². The Bertz CT molecular complexity index is 2300. The monoisotopic (exact) mass is 829 g/mol. The van der Waals surface area contributed by atoms with E-state index in [4.69, 9.17) is 10.7 Å². The number of carbonyl (C=O) groups is 6. The molecular formula is C44H51N11O6. The SMILES string of the molecule is CN1CCN([C@@H]2CCCN(c3cnc(C(N)=O)c(Nc4ccc(C5CCN(C[C@@H]6[C@H]7CN(c8ccc9c(c8)C(=O)N(C8CCC(=O)NC8=O)C9=O)C[C@@H]67)CC5)cc4)n3)C2)C1=O.